The maximum Gasteiger partial charge on any atom is 0.407 e. The zero-order valence-corrected chi connectivity index (χ0v) is 34.2. The number of hydrogen-bond donors (Lipinski definition) is 5. The molecule has 3 heterocycles. The van der Waals surface area contributed by atoms with Crippen LogP contribution in [0.2, 0.25) is 0 Å². The fraction of sp³-hybridized carbons (Fsp3) is 0.395. The average Bonchev–Trinajstić information content (AvgIpc) is 3.62. The number of aromatic amines is 1. The number of aromatic nitrogens is 1. The highest BCUT2D eigenvalue weighted by Gasteiger charge is 2.47. The second-order valence-electron chi connectivity index (χ2n) is 13.4. The third kappa shape index (κ3) is 12.8. The number of halogens is 1. The Morgan fingerprint density at radius 3 is 2.47 bits per heavy atom. The summed E-state index contributed by atoms with van der Waals surface area (Å²) in [6.07, 6.45) is 2.04. The number of carbonyl (C=O) groups excluding carboxylic acids is 6. The molecule has 0 radical (unpaired) electrons. The van der Waals surface area contributed by atoms with Gasteiger partial charge in [-0.15, -0.1) is 0 Å². The molecule has 16 nitrogen and oxygen atoms in total. The van der Waals surface area contributed by atoms with E-state index in [-0.39, 0.29) is 49.9 Å². The Labute approximate surface area is 347 Å². The lowest BCUT2D eigenvalue weighted by atomic mass is 9.92. The number of benzene rings is 3. The number of aldehydes is 1. The number of amides is 4. The smallest absolute Gasteiger partial charge is 0.407 e. The number of hydrogen-bond acceptors (Lipinski definition) is 11. The predicted octanol–water partition coefficient (Wildman–Crippen LogP) is 4.15. The van der Waals surface area contributed by atoms with Crippen molar-refractivity contribution < 1.29 is 52.1 Å². The topological polar surface area (TPSA) is 206 Å². The molecule has 6 rings (SSSR count). The number of nitrogens with one attached hydrogen (secondary N) is 5. The largest absolute Gasteiger partial charge is 0.494 e. The lowest BCUT2D eigenvalue weighted by Gasteiger charge is -2.45. The van der Waals surface area contributed by atoms with Crippen molar-refractivity contribution in [3.63, 3.8) is 0 Å². The third-order valence-electron chi connectivity index (χ3n) is 9.47. The lowest BCUT2D eigenvalue weighted by Crippen LogP contribution is -2.70. The van der Waals surface area contributed by atoms with Crippen molar-refractivity contribution in [1.29, 1.82) is 0 Å². The molecule has 2 aliphatic rings. The van der Waals surface area contributed by atoms with Gasteiger partial charge in [0.25, 0.3) is 0 Å². The first-order chi connectivity index (χ1) is 29.1. The Bertz CT molecular complexity index is 2060. The number of fused-ring (bicyclic) bond motifs is 5. The molecular formula is C43H53FN6O10. The van der Waals surface area contributed by atoms with E-state index in [4.69, 9.17) is 18.9 Å². The van der Waals surface area contributed by atoms with Crippen molar-refractivity contribution in [3.05, 3.63) is 83.7 Å². The first-order valence-corrected chi connectivity index (χ1v) is 19.8. The minimum absolute atomic E-state index is 0.0170. The Hall–Kier alpha value is -6.49. The van der Waals surface area contributed by atoms with Crippen LogP contribution >= 0.6 is 0 Å². The first kappa shape index (κ1) is 46.2. The second-order valence-corrected chi connectivity index (χ2v) is 13.4. The average molecular weight is 833 g/mol. The van der Waals surface area contributed by atoms with Crippen molar-refractivity contribution in [1.82, 2.24) is 31.2 Å². The quantitative estimate of drug-likeness (QED) is 0.0417. The number of rotatable bonds is 18. The maximum absolute atomic E-state index is 13.4. The van der Waals surface area contributed by atoms with Crippen LogP contribution in [-0.2, 0) is 46.7 Å². The molecule has 1 saturated heterocycles. The van der Waals surface area contributed by atoms with E-state index in [2.05, 4.69) is 26.3 Å². The van der Waals surface area contributed by atoms with Gasteiger partial charge in [0, 0.05) is 47.6 Å². The Morgan fingerprint density at radius 1 is 1.00 bits per heavy atom. The van der Waals surface area contributed by atoms with Crippen molar-refractivity contribution in [2.24, 2.45) is 0 Å². The lowest BCUT2D eigenvalue weighted by molar-refractivity contribution is -0.162. The van der Waals surface area contributed by atoms with E-state index in [1.54, 1.807) is 26.1 Å². The van der Waals surface area contributed by atoms with Crippen molar-refractivity contribution in [2.75, 3.05) is 39.9 Å². The summed E-state index contributed by atoms with van der Waals surface area (Å²) in [5, 5.41) is 11.6. The molecule has 0 bridgehead atoms. The molecule has 17 heteroatoms. The van der Waals surface area contributed by atoms with E-state index >= 15 is 0 Å². The summed E-state index contributed by atoms with van der Waals surface area (Å²) >= 11 is 0. The number of β-lactam (4-membered cyclic amide) rings is 1. The van der Waals surface area contributed by atoms with Crippen molar-refractivity contribution >= 4 is 47.5 Å². The van der Waals surface area contributed by atoms with Gasteiger partial charge in [-0.2, -0.15) is 0 Å². The molecule has 0 spiro atoms. The van der Waals surface area contributed by atoms with Crippen LogP contribution in [0.25, 0.3) is 22.2 Å². The van der Waals surface area contributed by atoms with Gasteiger partial charge in [-0.1, -0.05) is 30.3 Å². The van der Waals surface area contributed by atoms with Gasteiger partial charge in [0.05, 0.1) is 31.0 Å². The number of likely N-dealkylation sites (tertiary alicyclic amines) is 1. The van der Waals surface area contributed by atoms with Crippen molar-refractivity contribution in [3.8, 4) is 22.8 Å². The summed E-state index contributed by atoms with van der Waals surface area (Å²) in [6.45, 7) is 7.93. The van der Waals surface area contributed by atoms with E-state index in [1.165, 1.54) is 11.0 Å². The van der Waals surface area contributed by atoms with Crippen LogP contribution in [0.15, 0.2) is 66.7 Å². The molecule has 0 saturated carbocycles. The predicted molar refractivity (Wildman–Crippen MR) is 220 cm³/mol. The molecule has 3 atom stereocenters. The number of H-pyrrole nitrogens is 1. The highest BCUT2D eigenvalue weighted by Crippen LogP contribution is 2.42. The van der Waals surface area contributed by atoms with Gasteiger partial charge < -0.3 is 54.9 Å². The first-order valence-electron chi connectivity index (χ1n) is 19.8. The van der Waals surface area contributed by atoms with Gasteiger partial charge >= 0.3 is 12.1 Å². The molecule has 1 aromatic heterocycles. The van der Waals surface area contributed by atoms with Crippen LogP contribution in [0, 0.1) is 5.82 Å². The van der Waals surface area contributed by atoms with Gasteiger partial charge in [0.15, 0.2) is 0 Å². The molecule has 2 aliphatic heterocycles. The fourth-order valence-corrected chi connectivity index (χ4v) is 6.57. The van der Waals surface area contributed by atoms with Crippen molar-refractivity contribution in [2.45, 2.75) is 71.4 Å². The van der Waals surface area contributed by atoms with Gasteiger partial charge in [0.1, 0.15) is 49.4 Å². The maximum atomic E-state index is 13.4. The van der Waals surface area contributed by atoms with Gasteiger partial charge in [0.2, 0.25) is 18.2 Å². The van der Waals surface area contributed by atoms with Crippen LogP contribution in [0.1, 0.15) is 51.2 Å². The van der Waals surface area contributed by atoms with Gasteiger partial charge in [-0.05, 0) is 76.6 Å². The summed E-state index contributed by atoms with van der Waals surface area (Å²) in [6, 6.07) is 18.7. The van der Waals surface area contributed by atoms with Gasteiger partial charge in [-0.3, -0.25) is 19.2 Å². The van der Waals surface area contributed by atoms with Gasteiger partial charge in [-0.25, -0.2) is 9.18 Å². The highest BCUT2D eigenvalue weighted by atomic mass is 19.1. The van der Waals surface area contributed by atoms with Crippen LogP contribution in [-0.4, -0.2) is 104 Å². The van der Waals surface area contributed by atoms with Crippen LogP contribution in [0.5, 0.6) is 11.5 Å². The van der Waals surface area contributed by atoms with E-state index in [0.29, 0.717) is 51.8 Å². The van der Waals surface area contributed by atoms with E-state index in [9.17, 15) is 33.2 Å². The zero-order chi connectivity index (χ0) is 43.4. The molecule has 1 fully saturated rings. The standard InChI is InChI=1S/C17H14FNO2.C16H25N3O3.C10H14N2O5/c1-2-20-11-4-5-12-16(8-11)21-9-14-13-7-10(18)3-6-15(13)19-17(12)14;1-3-18-15(20)14(17-2)10-7-11-19-16(21)22-12-13-8-5-4-6-9-13;1-2-17-8(15)5-12-7(3-4-13)9(10(12)16)11-6-14/h3-8,19H,2,9H2,1H3;4-6,8-9,14,17H,3,7,10-12H2,1-2H3,(H,18,20)(H,19,21);4,6-7,9H,2-3,5H2,1H3,(H,11,14). The molecule has 322 valence electrons. The SMILES string of the molecule is CCNC(=O)C(CCCNC(=O)OCc1ccccc1)NC.CCOC(=O)CN1C(=O)C(NC=O)C1CC=O.CCOc1ccc2c(c1)OCc1c-2[nH]c2ccc(F)cc12. The molecule has 60 heavy (non-hydrogen) atoms. The molecule has 4 aromatic rings. The van der Waals surface area contributed by atoms with E-state index in [1.807, 2.05) is 62.4 Å². The normalized spacial score (nSPS) is 15.1. The molecule has 5 N–H and O–H groups in total. The molecular weight excluding hydrogens is 780 g/mol. The second kappa shape index (κ2) is 23.8. The number of likely N-dealkylation sites (N-methyl/N-ethyl adjacent to an activating group) is 2. The summed E-state index contributed by atoms with van der Waals surface area (Å²) in [4.78, 5) is 71.3. The number of esters is 1. The van der Waals surface area contributed by atoms with Crippen LogP contribution in [0.4, 0.5) is 9.18 Å². The summed E-state index contributed by atoms with van der Waals surface area (Å²) < 4.78 is 34.6. The monoisotopic (exact) mass is 832 g/mol. The minimum Gasteiger partial charge on any atom is -0.494 e. The number of ether oxygens (including phenoxy) is 4. The Balaban J connectivity index is 0.000000200. The summed E-state index contributed by atoms with van der Waals surface area (Å²) in [7, 11) is 1.75. The zero-order valence-electron chi connectivity index (χ0n) is 34.2. The van der Waals surface area contributed by atoms with Crippen LogP contribution in [0.3, 0.4) is 0 Å². The molecule has 3 aromatic carbocycles. The summed E-state index contributed by atoms with van der Waals surface area (Å²) in [5.74, 6) is 0.430. The Kier molecular flexibility index (Phi) is 18.3. The molecule has 4 amide bonds. The number of nitrogens with zero attached hydrogens (tertiary/aromatic N) is 1. The third-order valence-corrected chi connectivity index (χ3v) is 9.47. The Morgan fingerprint density at radius 2 is 1.78 bits per heavy atom. The summed E-state index contributed by atoms with van der Waals surface area (Å²) in [5.41, 5.74) is 4.85. The van der Waals surface area contributed by atoms with Crippen LogP contribution < -0.4 is 30.7 Å². The number of carbonyl (C=O) groups is 6. The van der Waals surface area contributed by atoms with E-state index in [0.717, 1.165) is 44.8 Å². The molecule has 3 unspecified atom stereocenters. The number of alkyl carbamates (subject to hydrolysis) is 1. The fourth-order valence-electron chi connectivity index (χ4n) is 6.57. The highest BCUT2D eigenvalue weighted by molar-refractivity contribution is 5.94. The molecule has 0 aliphatic carbocycles. The van der Waals surface area contributed by atoms with E-state index < -0.39 is 24.1 Å². The minimum atomic E-state index is -0.716.